The molecule has 0 bridgehead atoms. The van der Waals surface area contributed by atoms with Gasteiger partial charge < -0.3 is 18.9 Å². The maximum Gasteiger partial charge on any atom is 0.309 e. The fraction of sp³-hybridized carbons (Fsp3) is 0.424. The van der Waals surface area contributed by atoms with Crippen LogP contribution < -0.4 is 14.2 Å². The lowest BCUT2D eigenvalue weighted by molar-refractivity contribution is -0.144. The van der Waals surface area contributed by atoms with E-state index in [-0.39, 0.29) is 29.3 Å². The summed E-state index contributed by atoms with van der Waals surface area (Å²) in [5, 5.41) is 0. The van der Waals surface area contributed by atoms with Crippen LogP contribution in [0.5, 0.6) is 17.2 Å². The SMILES string of the molecule is CCOC(=O)[C@H]1C[C@@H]1c1ccc(OCc2ccc3c(c2)-c2c(C)cc(OCCCS(=O)(=O)CC)cc2CCO3)cc1. The van der Waals surface area contributed by atoms with Gasteiger partial charge in [0, 0.05) is 17.7 Å². The Morgan fingerprint density at radius 3 is 2.56 bits per heavy atom. The van der Waals surface area contributed by atoms with Gasteiger partial charge in [-0.15, -0.1) is 0 Å². The molecule has 5 rings (SSSR count). The van der Waals surface area contributed by atoms with Gasteiger partial charge >= 0.3 is 5.97 Å². The number of hydrogen-bond donors (Lipinski definition) is 0. The third-order valence-electron chi connectivity index (χ3n) is 7.73. The Morgan fingerprint density at radius 1 is 1.00 bits per heavy atom. The molecule has 0 radical (unpaired) electrons. The predicted octanol–water partition coefficient (Wildman–Crippen LogP) is 6.05. The Labute approximate surface area is 242 Å². The lowest BCUT2D eigenvalue weighted by Gasteiger charge is -2.16. The molecule has 1 aliphatic heterocycles. The van der Waals surface area contributed by atoms with E-state index in [0.717, 1.165) is 63.5 Å². The van der Waals surface area contributed by atoms with Crippen molar-refractivity contribution in [2.24, 2.45) is 5.92 Å². The maximum atomic E-state index is 12.0. The van der Waals surface area contributed by atoms with Crippen LogP contribution in [0.2, 0.25) is 0 Å². The van der Waals surface area contributed by atoms with E-state index in [2.05, 4.69) is 13.0 Å². The van der Waals surface area contributed by atoms with Crippen LogP contribution in [0.15, 0.2) is 54.6 Å². The smallest absolute Gasteiger partial charge is 0.309 e. The largest absolute Gasteiger partial charge is 0.494 e. The molecule has 0 N–H and O–H groups in total. The molecule has 7 nitrogen and oxygen atoms in total. The lowest BCUT2D eigenvalue weighted by atomic mass is 9.92. The Morgan fingerprint density at radius 2 is 1.80 bits per heavy atom. The third kappa shape index (κ3) is 7.04. The standard InChI is InChI=1S/C33H38O7S/c1-4-37-33(34)29-20-28(29)24-8-10-26(11-9-24)40-21-23-7-12-31-30(18-23)32-22(3)17-27(19-25(32)13-15-39-31)38-14-6-16-41(35,36)5-2/h7-12,17-19,28-29H,4-6,13-16,20-21H2,1-3H3/t28-,29+/m1/s1. The molecule has 0 aromatic heterocycles. The maximum absolute atomic E-state index is 12.0. The molecule has 8 heteroatoms. The number of carbonyl (C=O) groups excluding carboxylic acids is 1. The van der Waals surface area contributed by atoms with Crippen LogP contribution in [0, 0.1) is 12.8 Å². The number of aryl methyl sites for hydroxylation is 1. The number of sulfone groups is 1. The van der Waals surface area contributed by atoms with Crippen molar-refractivity contribution in [3.05, 3.63) is 76.9 Å². The van der Waals surface area contributed by atoms with Gasteiger partial charge in [0.25, 0.3) is 0 Å². The van der Waals surface area contributed by atoms with E-state index in [1.807, 2.05) is 55.5 Å². The van der Waals surface area contributed by atoms with Crippen LogP contribution in [-0.4, -0.2) is 45.7 Å². The van der Waals surface area contributed by atoms with Gasteiger partial charge in [-0.2, -0.15) is 0 Å². The molecular formula is C33H38O7S. The molecule has 41 heavy (non-hydrogen) atoms. The Kier molecular flexibility index (Phi) is 8.88. The van der Waals surface area contributed by atoms with E-state index in [1.165, 1.54) is 0 Å². The fourth-order valence-corrected chi connectivity index (χ4v) is 6.26. The van der Waals surface area contributed by atoms with Gasteiger partial charge in [-0.05, 0) is 96.8 Å². The molecular weight excluding hydrogens is 540 g/mol. The summed E-state index contributed by atoms with van der Waals surface area (Å²) in [4.78, 5) is 12.0. The van der Waals surface area contributed by atoms with Gasteiger partial charge in [-0.25, -0.2) is 8.42 Å². The van der Waals surface area contributed by atoms with Crippen molar-refractivity contribution in [1.82, 2.24) is 0 Å². The molecule has 0 amide bonds. The van der Waals surface area contributed by atoms with Gasteiger partial charge in [0.05, 0.1) is 31.5 Å². The fourth-order valence-electron chi connectivity index (χ4n) is 5.41. The number of rotatable bonds is 12. The molecule has 2 aliphatic rings. The number of esters is 1. The van der Waals surface area contributed by atoms with Crippen LogP contribution in [-0.2, 0) is 32.4 Å². The van der Waals surface area contributed by atoms with Gasteiger partial charge in [0.1, 0.15) is 33.7 Å². The van der Waals surface area contributed by atoms with Crippen molar-refractivity contribution >= 4 is 15.8 Å². The summed E-state index contributed by atoms with van der Waals surface area (Å²) in [6.45, 7) is 7.33. The lowest BCUT2D eigenvalue weighted by Crippen LogP contribution is -2.12. The highest BCUT2D eigenvalue weighted by Crippen LogP contribution is 2.48. The highest BCUT2D eigenvalue weighted by molar-refractivity contribution is 7.91. The van der Waals surface area contributed by atoms with Crippen LogP contribution in [0.1, 0.15) is 54.9 Å². The van der Waals surface area contributed by atoms with Crippen molar-refractivity contribution in [3.8, 4) is 28.4 Å². The second kappa shape index (κ2) is 12.6. The Balaban J connectivity index is 1.24. The van der Waals surface area contributed by atoms with Crippen LogP contribution in [0.3, 0.4) is 0 Å². The minimum atomic E-state index is -2.99. The highest BCUT2D eigenvalue weighted by Gasteiger charge is 2.45. The number of hydrogen-bond acceptors (Lipinski definition) is 7. The van der Waals surface area contributed by atoms with Crippen LogP contribution in [0.4, 0.5) is 0 Å². The molecule has 1 aliphatic carbocycles. The Hall–Kier alpha value is -3.52. The molecule has 2 atom stereocenters. The summed E-state index contributed by atoms with van der Waals surface area (Å²) in [6.07, 6.45) is 2.07. The quantitative estimate of drug-likeness (QED) is 0.191. The second-order valence-electron chi connectivity index (χ2n) is 10.7. The van der Waals surface area contributed by atoms with Crippen molar-refractivity contribution in [2.45, 2.75) is 52.6 Å². The summed E-state index contributed by atoms with van der Waals surface area (Å²) >= 11 is 0. The van der Waals surface area contributed by atoms with Gasteiger partial charge in [-0.1, -0.05) is 25.1 Å². The van der Waals surface area contributed by atoms with Crippen molar-refractivity contribution in [2.75, 3.05) is 31.3 Å². The molecule has 1 fully saturated rings. The molecule has 218 valence electrons. The molecule has 0 unspecified atom stereocenters. The number of ether oxygens (including phenoxy) is 4. The van der Waals surface area contributed by atoms with E-state index >= 15 is 0 Å². The van der Waals surface area contributed by atoms with E-state index in [9.17, 15) is 13.2 Å². The van der Waals surface area contributed by atoms with Crippen molar-refractivity contribution in [1.29, 1.82) is 0 Å². The topological polar surface area (TPSA) is 88.1 Å². The molecule has 3 aromatic rings. The van der Waals surface area contributed by atoms with E-state index in [1.54, 1.807) is 6.92 Å². The molecule has 1 heterocycles. The molecule has 0 spiro atoms. The van der Waals surface area contributed by atoms with Gasteiger partial charge in [0.2, 0.25) is 0 Å². The first kappa shape index (κ1) is 29.0. The average Bonchev–Trinajstić information content (AvgIpc) is 3.78. The summed E-state index contributed by atoms with van der Waals surface area (Å²) in [7, 11) is -2.99. The highest BCUT2D eigenvalue weighted by atomic mass is 32.2. The van der Waals surface area contributed by atoms with E-state index in [4.69, 9.17) is 18.9 Å². The monoisotopic (exact) mass is 578 g/mol. The van der Waals surface area contributed by atoms with Crippen molar-refractivity contribution in [3.63, 3.8) is 0 Å². The Bertz CT molecular complexity index is 1490. The number of fused-ring (bicyclic) bond motifs is 3. The van der Waals surface area contributed by atoms with Crippen LogP contribution >= 0.6 is 0 Å². The molecule has 0 saturated heterocycles. The predicted molar refractivity (Wildman–Crippen MR) is 159 cm³/mol. The zero-order valence-electron chi connectivity index (χ0n) is 24.0. The summed E-state index contributed by atoms with van der Waals surface area (Å²) in [5.74, 6) is 2.77. The zero-order chi connectivity index (χ0) is 29.0. The summed E-state index contributed by atoms with van der Waals surface area (Å²) in [5.41, 5.74) is 6.58. The van der Waals surface area contributed by atoms with E-state index in [0.29, 0.717) is 32.8 Å². The first-order chi connectivity index (χ1) is 19.8. The van der Waals surface area contributed by atoms with Crippen LogP contribution in [0.25, 0.3) is 11.1 Å². The normalized spacial score (nSPS) is 17.4. The minimum Gasteiger partial charge on any atom is -0.494 e. The second-order valence-corrected chi connectivity index (χ2v) is 13.2. The average molecular weight is 579 g/mol. The van der Waals surface area contributed by atoms with Crippen molar-refractivity contribution < 1.29 is 32.2 Å². The summed E-state index contributed by atoms with van der Waals surface area (Å²) in [6, 6.07) is 18.2. The first-order valence-electron chi connectivity index (χ1n) is 14.4. The zero-order valence-corrected chi connectivity index (χ0v) is 24.8. The summed E-state index contributed by atoms with van der Waals surface area (Å²) < 4.78 is 46.8. The first-order valence-corrected chi connectivity index (χ1v) is 16.2. The van der Waals surface area contributed by atoms with Gasteiger partial charge in [0.15, 0.2) is 0 Å². The third-order valence-corrected chi connectivity index (χ3v) is 9.53. The van der Waals surface area contributed by atoms with Gasteiger partial charge in [-0.3, -0.25) is 4.79 Å². The number of benzene rings is 3. The molecule has 3 aromatic carbocycles. The molecule has 1 saturated carbocycles. The number of carbonyl (C=O) groups is 1. The minimum absolute atomic E-state index is 0.0258. The van der Waals surface area contributed by atoms with E-state index < -0.39 is 9.84 Å².